The average molecular weight is 376 g/mol. The van der Waals surface area contributed by atoms with Crippen molar-refractivity contribution in [3.05, 3.63) is 69.1 Å². The largest absolute Gasteiger partial charge is 0.352 e. The van der Waals surface area contributed by atoms with Gasteiger partial charge in [-0.1, -0.05) is 12.1 Å². The molecule has 0 bridgehead atoms. The molecule has 4 nitrogen and oxygen atoms in total. The van der Waals surface area contributed by atoms with Crippen molar-refractivity contribution < 1.29 is 4.79 Å². The van der Waals surface area contributed by atoms with Gasteiger partial charge in [0, 0.05) is 24.3 Å². The van der Waals surface area contributed by atoms with E-state index < -0.39 is 0 Å². The van der Waals surface area contributed by atoms with Crippen LogP contribution in [0.4, 0.5) is 0 Å². The van der Waals surface area contributed by atoms with E-state index in [0.717, 1.165) is 15.9 Å². The van der Waals surface area contributed by atoms with Crippen LogP contribution in [0.15, 0.2) is 58.0 Å². The molecule has 1 aromatic carbocycles. The zero-order valence-corrected chi connectivity index (χ0v) is 14.1. The van der Waals surface area contributed by atoms with E-state index in [1.54, 1.807) is 6.20 Å². The van der Waals surface area contributed by atoms with Crippen LogP contribution in [0.2, 0.25) is 0 Å². The number of carbonyl (C=O) groups is 1. The summed E-state index contributed by atoms with van der Waals surface area (Å²) in [5.74, 6) is -0.0323. The second-order valence-electron chi connectivity index (χ2n) is 4.76. The van der Waals surface area contributed by atoms with Crippen molar-refractivity contribution in [3.8, 4) is 5.69 Å². The third kappa shape index (κ3) is 3.64. The first-order valence-electron chi connectivity index (χ1n) is 6.83. The molecule has 0 spiro atoms. The minimum Gasteiger partial charge on any atom is -0.352 e. The van der Waals surface area contributed by atoms with Gasteiger partial charge in [-0.25, -0.2) is 4.68 Å². The molecule has 112 valence electrons. The van der Waals surface area contributed by atoms with Gasteiger partial charge in [0.05, 0.1) is 15.0 Å². The van der Waals surface area contributed by atoms with Gasteiger partial charge in [0.1, 0.15) is 0 Å². The Morgan fingerprint density at radius 2 is 2.14 bits per heavy atom. The first kappa shape index (κ1) is 15.0. The number of nitrogens with zero attached hydrogens (tertiary/aromatic N) is 2. The number of rotatable bonds is 5. The van der Waals surface area contributed by atoms with Crippen LogP contribution in [0.25, 0.3) is 5.69 Å². The van der Waals surface area contributed by atoms with Gasteiger partial charge >= 0.3 is 0 Å². The van der Waals surface area contributed by atoms with Crippen LogP contribution in [-0.2, 0) is 6.42 Å². The fourth-order valence-electron chi connectivity index (χ4n) is 2.09. The molecule has 0 saturated carbocycles. The second-order valence-corrected chi connectivity index (χ2v) is 7.05. The number of halogens is 1. The molecule has 0 saturated heterocycles. The summed E-state index contributed by atoms with van der Waals surface area (Å²) in [6.45, 7) is 0.618. The molecule has 0 fully saturated rings. The fraction of sp³-hybridized carbons (Fsp3) is 0.125. The molecule has 1 N–H and O–H groups in total. The maximum absolute atomic E-state index is 11.9. The molecule has 0 aliphatic heterocycles. The van der Waals surface area contributed by atoms with Gasteiger partial charge in [-0.05, 0) is 52.2 Å². The molecule has 3 aromatic rings. The molecule has 0 unspecified atom stereocenters. The van der Waals surface area contributed by atoms with Crippen LogP contribution in [0.5, 0.6) is 0 Å². The molecule has 2 aromatic heterocycles. The third-order valence-electron chi connectivity index (χ3n) is 3.23. The van der Waals surface area contributed by atoms with Gasteiger partial charge in [0.2, 0.25) is 0 Å². The number of benzene rings is 1. The van der Waals surface area contributed by atoms with E-state index in [2.05, 4.69) is 38.5 Å². The number of amides is 1. The van der Waals surface area contributed by atoms with Crippen LogP contribution >= 0.6 is 27.3 Å². The summed E-state index contributed by atoms with van der Waals surface area (Å²) in [5, 5.41) is 8.97. The maximum atomic E-state index is 11.9. The number of thiophene rings is 1. The summed E-state index contributed by atoms with van der Waals surface area (Å²) in [7, 11) is 0. The Labute approximate surface area is 140 Å². The average Bonchev–Trinajstić information content (AvgIpc) is 3.19. The van der Waals surface area contributed by atoms with Crippen LogP contribution in [0, 0.1) is 0 Å². The van der Waals surface area contributed by atoms with Gasteiger partial charge < -0.3 is 5.32 Å². The normalized spacial score (nSPS) is 10.6. The van der Waals surface area contributed by atoms with E-state index in [1.807, 2.05) is 40.5 Å². The number of nitrogens with one attached hydrogen (secondary N) is 1. The lowest BCUT2D eigenvalue weighted by Crippen LogP contribution is -2.25. The molecular formula is C16H14BrN3OS. The van der Waals surface area contributed by atoms with Crippen LogP contribution in [0.1, 0.15) is 15.9 Å². The first-order chi connectivity index (χ1) is 10.7. The predicted octanol–water partition coefficient (Wildman–Crippen LogP) is 3.67. The lowest BCUT2D eigenvalue weighted by atomic mass is 10.1. The van der Waals surface area contributed by atoms with E-state index in [-0.39, 0.29) is 5.91 Å². The van der Waals surface area contributed by atoms with Gasteiger partial charge in [0.25, 0.3) is 5.91 Å². The summed E-state index contributed by atoms with van der Waals surface area (Å²) in [6, 6.07) is 11.9. The Morgan fingerprint density at radius 1 is 1.32 bits per heavy atom. The van der Waals surface area contributed by atoms with E-state index in [9.17, 15) is 4.79 Å². The van der Waals surface area contributed by atoms with Gasteiger partial charge in [-0.2, -0.15) is 5.10 Å². The summed E-state index contributed by atoms with van der Waals surface area (Å²) in [6.07, 6.45) is 4.47. The van der Waals surface area contributed by atoms with Gasteiger partial charge in [-0.15, -0.1) is 11.3 Å². The van der Waals surface area contributed by atoms with Crippen molar-refractivity contribution in [3.63, 3.8) is 0 Å². The summed E-state index contributed by atoms with van der Waals surface area (Å²) < 4.78 is 2.78. The molecule has 2 heterocycles. The van der Waals surface area contributed by atoms with Crippen LogP contribution < -0.4 is 5.32 Å². The first-order valence-corrected chi connectivity index (χ1v) is 8.51. The van der Waals surface area contributed by atoms with E-state index in [4.69, 9.17) is 0 Å². The molecule has 3 rings (SSSR count). The molecule has 22 heavy (non-hydrogen) atoms. The molecule has 0 radical (unpaired) electrons. The quantitative estimate of drug-likeness (QED) is 0.739. The SMILES string of the molecule is O=C(NCCc1ccc(-n2cccn2)cc1)c1csc(Br)c1. The highest BCUT2D eigenvalue weighted by Crippen LogP contribution is 2.20. The smallest absolute Gasteiger partial charge is 0.252 e. The minimum atomic E-state index is -0.0323. The van der Waals surface area contributed by atoms with Crippen LogP contribution in [-0.4, -0.2) is 22.2 Å². The highest BCUT2D eigenvalue weighted by atomic mass is 79.9. The van der Waals surface area contributed by atoms with E-state index in [1.165, 1.54) is 16.9 Å². The Bertz CT molecular complexity index is 750. The highest BCUT2D eigenvalue weighted by molar-refractivity contribution is 9.11. The topological polar surface area (TPSA) is 46.9 Å². The fourth-order valence-corrected chi connectivity index (χ4v) is 3.23. The van der Waals surface area contributed by atoms with Crippen molar-refractivity contribution >= 4 is 33.2 Å². The lowest BCUT2D eigenvalue weighted by Gasteiger charge is -2.06. The van der Waals surface area contributed by atoms with Crippen molar-refractivity contribution in [1.29, 1.82) is 0 Å². The van der Waals surface area contributed by atoms with Crippen molar-refractivity contribution in [1.82, 2.24) is 15.1 Å². The zero-order chi connectivity index (χ0) is 15.4. The van der Waals surface area contributed by atoms with Crippen LogP contribution in [0.3, 0.4) is 0 Å². The summed E-state index contributed by atoms with van der Waals surface area (Å²) in [5.41, 5.74) is 2.91. The molecule has 1 amide bonds. The monoisotopic (exact) mass is 375 g/mol. The summed E-state index contributed by atoms with van der Waals surface area (Å²) >= 11 is 4.87. The van der Waals surface area contributed by atoms with E-state index >= 15 is 0 Å². The lowest BCUT2D eigenvalue weighted by molar-refractivity contribution is 0.0954. The summed E-state index contributed by atoms with van der Waals surface area (Å²) in [4.78, 5) is 11.9. The molecular weight excluding hydrogens is 362 g/mol. The molecule has 0 aliphatic rings. The molecule has 0 atom stereocenters. The number of aromatic nitrogens is 2. The van der Waals surface area contributed by atoms with Crippen molar-refractivity contribution in [2.75, 3.05) is 6.54 Å². The second kappa shape index (κ2) is 6.89. The standard InChI is InChI=1S/C16H14BrN3OS/c17-15-10-13(11-22-15)16(21)18-8-6-12-2-4-14(5-3-12)20-9-1-7-19-20/h1-5,7,9-11H,6,8H2,(H,18,21). The molecule has 6 heteroatoms. The Kier molecular flexibility index (Phi) is 4.70. The highest BCUT2D eigenvalue weighted by Gasteiger charge is 2.07. The Balaban J connectivity index is 1.52. The van der Waals surface area contributed by atoms with Crippen molar-refractivity contribution in [2.45, 2.75) is 6.42 Å². The van der Waals surface area contributed by atoms with Gasteiger partial charge in [-0.3, -0.25) is 4.79 Å². The predicted molar refractivity (Wildman–Crippen MR) is 91.6 cm³/mol. The maximum Gasteiger partial charge on any atom is 0.252 e. The third-order valence-corrected chi connectivity index (χ3v) is 4.74. The Morgan fingerprint density at radius 3 is 2.77 bits per heavy atom. The van der Waals surface area contributed by atoms with Crippen molar-refractivity contribution in [2.24, 2.45) is 0 Å². The Hall–Kier alpha value is -1.92. The number of hydrogen-bond acceptors (Lipinski definition) is 3. The zero-order valence-electron chi connectivity index (χ0n) is 11.7. The van der Waals surface area contributed by atoms with Gasteiger partial charge in [0.15, 0.2) is 0 Å². The van der Waals surface area contributed by atoms with E-state index in [0.29, 0.717) is 12.1 Å². The number of hydrogen-bond donors (Lipinski definition) is 1. The molecule has 0 aliphatic carbocycles. The minimum absolute atomic E-state index is 0.0323. The number of carbonyl (C=O) groups excluding carboxylic acids is 1.